The Bertz CT molecular complexity index is 933. The first-order chi connectivity index (χ1) is 14.3. The lowest BCUT2D eigenvalue weighted by molar-refractivity contribution is -0.120. The van der Waals surface area contributed by atoms with E-state index in [0.29, 0.717) is 28.7 Å². The molecule has 0 saturated heterocycles. The monoisotopic (exact) mass is 427 g/mol. The minimum atomic E-state index is -0.781. The van der Waals surface area contributed by atoms with Crippen molar-refractivity contribution in [1.29, 1.82) is 5.41 Å². The summed E-state index contributed by atoms with van der Waals surface area (Å²) in [5, 5.41) is 13.5. The second kappa shape index (κ2) is 11.0. The van der Waals surface area contributed by atoms with Crippen LogP contribution in [0, 0.1) is 5.41 Å². The number of primary amides is 2. The van der Waals surface area contributed by atoms with E-state index < -0.39 is 17.9 Å². The number of ether oxygens (including phenoxy) is 1. The maximum absolute atomic E-state index is 11.9. The lowest BCUT2D eigenvalue weighted by atomic mass is 10.1. The molecule has 0 radical (unpaired) electrons. The molecule has 0 bridgehead atoms. The fraction of sp³-hybridized carbons (Fsp3) is 0.238. The number of hydrogen-bond acceptors (Lipinski definition) is 6. The summed E-state index contributed by atoms with van der Waals surface area (Å²) in [6.07, 6.45) is 0.252. The van der Waals surface area contributed by atoms with E-state index in [1.165, 1.54) is 6.07 Å². The molecule has 30 heavy (non-hydrogen) atoms. The van der Waals surface area contributed by atoms with Crippen molar-refractivity contribution in [2.24, 2.45) is 11.5 Å². The molecule has 0 heterocycles. The number of amides is 2. The van der Waals surface area contributed by atoms with Crippen LogP contribution in [-0.4, -0.2) is 35.2 Å². The molecule has 158 valence electrons. The number of nitrogens with two attached hydrogens (primary N) is 2. The minimum absolute atomic E-state index is 0.0654. The molecule has 7 N–H and O–H groups in total. The first-order valence-electron chi connectivity index (χ1n) is 9.21. The van der Waals surface area contributed by atoms with Gasteiger partial charge in [0.1, 0.15) is 6.04 Å². The molecule has 2 aromatic carbocycles. The Kier molecular flexibility index (Phi) is 8.45. The average Bonchev–Trinajstić information content (AvgIpc) is 2.67. The van der Waals surface area contributed by atoms with E-state index in [1.807, 2.05) is 30.3 Å². The Balaban J connectivity index is 2.10. The van der Waals surface area contributed by atoms with E-state index in [2.05, 4.69) is 10.6 Å². The molecule has 2 amide bonds. The molecule has 0 aliphatic rings. The van der Waals surface area contributed by atoms with E-state index in [0.717, 1.165) is 5.56 Å². The highest BCUT2D eigenvalue weighted by Gasteiger charge is 2.17. The molecule has 0 aromatic heterocycles. The first kappa shape index (κ1) is 23.0. The van der Waals surface area contributed by atoms with Crippen LogP contribution in [0.5, 0.6) is 0 Å². The molecule has 2 rings (SSSR count). The summed E-state index contributed by atoms with van der Waals surface area (Å²) in [6, 6.07) is 13.5. The van der Waals surface area contributed by atoms with Crippen molar-refractivity contribution in [3.63, 3.8) is 0 Å². The number of thiocarbonyl (C=S) groups is 1. The van der Waals surface area contributed by atoms with Crippen molar-refractivity contribution in [3.05, 3.63) is 59.7 Å². The number of anilines is 2. The van der Waals surface area contributed by atoms with Gasteiger partial charge in [-0.05, 0) is 30.7 Å². The summed E-state index contributed by atoms with van der Waals surface area (Å²) in [5.74, 6) is -1.21. The summed E-state index contributed by atoms with van der Waals surface area (Å²) >= 11 is 5.22. The van der Waals surface area contributed by atoms with Gasteiger partial charge in [0.05, 0.1) is 29.5 Å². The van der Waals surface area contributed by atoms with Gasteiger partial charge in [0.15, 0.2) is 0 Å². The van der Waals surface area contributed by atoms with Crippen LogP contribution < -0.4 is 22.1 Å². The second-order valence-electron chi connectivity index (χ2n) is 6.73. The molecule has 8 nitrogen and oxygen atoms in total. The van der Waals surface area contributed by atoms with Crippen LogP contribution in [0.1, 0.15) is 29.3 Å². The Morgan fingerprint density at radius 1 is 1.17 bits per heavy atom. The quantitative estimate of drug-likeness (QED) is 0.275. The molecular weight excluding hydrogens is 402 g/mol. The topological polar surface area (TPSA) is 143 Å². The Hall–Kier alpha value is -3.30. The number of nitrogens with one attached hydrogen (secondary N) is 3. The smallest absolute Gasteiger partial charge is 0.250 e. The van der Waals surface area contributed by atoms with Crippen molar-refractivity contribution >= 4 is 46.1 Å². The van der Waals surface area contributed by atoms with Gasteiger partial charge in [0.2, 0.25) is 5.91 Å². The normalized spacial score (nSPS) is 11.4. The highest BCUT2D eigenvalue weighted by atomic mass is 32.1. The molecule has 1 atom stereocenters. The Morgan fingerprint density at radius 3 is 2.47 bits per heavy atom. The highest BCUT2D eigenvalue weighted by molar-refractivity contribution is 7.80. The molecule has 0 spiro atoms. The van der Waals surface area contributed by atoms with Gasteiger partial charge in [0.25, 0.3) is 5.91 Å². The number of carbonyl (C=O) groups is 2. The number of benzene rings is 2. The van der Waals surface area contributed by atoms with E-state index in [4.69, 9.17) is 33.8 Å². The highest BCUT2D eigenvalue weighted by Crippen LogP contribution is 2.22. The van der Waals surface area contributed by atoms with Gasteiger partial charge in [-0.25, -0.2) is 0 Å². The molecule has 9 heteroatoms. The fourth-order valence-corrected chi connectivity index (χ4v) is 2.98. The van der Waals surface area contributed by atoms with Crippen molar-refractivity contribution < 1.29 is 14.3 Å². The third-order valence-corrected chi connectivity index (χ3v) is 4.31. The zero-order chi connectivity index (χ0) is 22.1. The summed E-state index contributed by atoms with van der Waals surface area (Å²) in [4.78, 5) is 24.0. The van der Waals surface area contributed by atoms with Gasteiger partial charge in [-0.2, -0.15) is 0 Å². The predicted molar refractivity (Wildman–Crippen MR) is 122 cm³/mol. The van der Waals surface area contributed by atoms with Crippen molar-refractivity contribution in [1.82, 2.24) is 0 Å². The zero-order valence-corrected chi connectivity index (χ0v) is 17.4. The van der Waals surface area contributed by atoms with Crippen LogP contribution in [0.2, 0.25) is 0 Å². The van der Waals surface area contributed by atoms with E-state index >= 15 is 0 Å². The first-order valence-corrected chi connectivity index (χ1v) is 9.62. The van der Waals surface area contributed by atoms with E-state index in [9.17, 15) is 9.59 Å². The maximum Gasteiger partial charge on any atom is 0.250 e. The number of carbonyl (C=O) groups excluding carboxylic acids is 2. The van der Waals surface area contributed by atoms with Gasteiger partial charge >= 0.3 is 0 Å². The van der Waals surface area contributed by atoms with Crippen LogP contribution in [0.15, 0.2) is 48.5 Å². The van der Waals surface area contributed by atoms with Gasteiger partial charge < -0.3 is 32.2 Å². The zero-order valence-electron chi connectivity index (χ0n) is 16.6. The third-order valence-electron chi connectivity index (χ3n) is 4.07. The van der Waals surface area contributed by atoms with Crippen molar-refractivity contribution in [2.45, 2.75) is 26.0 Å². The summed E-state index contributed by atoms with van der Waals surface area (Å²) < 4.78 is 5.62. The van der Waals surface area contributed by atoms with Crippen molar-refractivity contribution in [3.8, 4) is 0 Å². The minimum Gasteiger partial charge on any atom is -0.374 e. The number of rotatable bonds is 11. The van der Waals surface area contributed by atoms with Crippen molar-refractivity contribution in [2.75, 3.05) is 17.2 Å². The van der Waals surface area contributed by atoms with Crippen LogP contribution in [0.3, 0.4) is 0 Å². The average molecular weight is 428 g/mol. The Morgan fingerprint density at radius 2 is 1.87 bits per heavy atom. The lowest BCUT2D eigenvalue weighted by Gasteiger charge is -2.19. The van der Waals surface area contributed by atoms with E-state index in [1.54, 1.807) is 19.1 Å². The molecule has 2 aromatic rings. The molecule has 0 fully saturated rings. The lowest BCUT2D eigenvalue weighted by Crippen LogP contribution is -2.39. The fourth-order valence-electron chi connectivity index (χ4n) is 2.65. The van der Waals surface area contributed by atoms with Crippen LogP contribution in [0.25, 0.3) is 0 Å². The summed E-state index contributed by atoms with van der Waals surface area (Å²) in [6.45, 7) is 2.04. The molecular formula is C21H25N5O3S. The summed E-state index contributed by atoms with van der Waals surface area (Å²) in [7, 11) is 0. The van der Waals surface area contributed by atoms with Gasteiger partial charge in [-0.3, -0.25) is 9.59 Å². The van der Waals surface area contributed by atoms with Gasteiger partial charge in [-0.1, -0.05) is 42.5 Å². The Labute approximate surface area is 180 Å². The SMILES string of the molecule is CC(=N)CC(=S)Nc1cc(NC(COCc2ccccc2)C(N)=O)ccc1C(N)=O. The maximum atomic E-state index is 11.9. The predicted octanol–water partition coefficient (Wildman–Crippen LogP) is 2.44. The molecule has 1 unspecified atom stereocenters. The van der Waals surface area contributed by atoms with E-state index in [-0.39, 0.29) is 18.6 Å². The van der Waals surface area contributed by atoms with Crippen LogP contribution >= 0.6 is 12.2 Å². The summed E-state index contributed by atoms with van der Waals surface area (Å²) in [5.41, 5.74) is 13.4. The molecule has 0 saturated carbocycles. The van der Waals surface area contributed by atoms with Gasteiger partial charge in [-0.15, -0.1) is 0 Å². The van der Waals surface area contributed by atoms with Crippen LogP contribution in [-0.2, 0) is 16.1 Å². The molecule has 0 aliphatic carbocycles. The number of hydrogen-bond donors (Lipinski definition) is 5. The third kappa shape index (κ3) is 7.26. The van der Waals surface area contributed by atoms with Crippen LogP contribution in [0.4, 0.5) is 11.4 Å². The molecule has 0 aliphatic heterocycles. The second-order valence-corrected chi connectivity index (χ2v) is 7.22. The largest absolute Gasteiger partial charge is 0.374 e. The van der Waals surface area contributed by atoms with Gasteiger partial charge in [0, 0.05) is 17.8 Å². The standard InChI is InChI=1S/C21H25N5O3S/c1-13(22)9-19(30)26-17-10-15(7-8-16(17)20(23)27)25-18(21(24)28)12-29-11-14-5-3-2-4-6-14/h2-8,10,18,22,25H,9,11-12H2,1H3,(H2,23,27)(H2,24,28)(H,26,30).